The van der Waals surface area contributed by atoms with Crippen molar-refractivity contribution in [2.24, 2.45) is 0 Å². The van der Waals surface area contributed by atoms with Crippen LogP contribution in [0.3, 0.4) is 0 Å². The Kier molecular flexibility index (Phi) is 10.7. The van der Waals surface area contributed by atoms with Crippen molar-refractivity contribution in [3.05, 3.63) is 11.6 Å². The van der Waals surface area contributed by atoms with Gasteiger partial charge in [0, 0.05) is 0 Å². The number of rotatable bonds is 2. The van der Waals surface area contributed by atoms with E-state index in [9.17, 15) is 5.41 Å². The van der Waals surface area contributed by atoms with Crippen molar-refractivity contribution in [1.82, 2.24) is 0 Å². The molecule has 0 unspecified atom stereocenters. The average molecular weight is 213 g/mol. The van der Waals surface area contributed by atoms with Crippen LogP contribution < -0.4 is 37.7 Å². The number of hydrogen-bond donors (Lipinski definition) is 0. The first kappa shape index (κ1) is 21.4. The molecule has 4 heteroatoms. The zero-order chi connectivity index (χ0) is 10.9. The first-order valence-electron chi connectivity index (χ1n) is 4.72. The van der Waals surface area contributed by atoms with Crippen molar-refractivity contribution in [2.45, 2.75) is 58.8 Å². The van der Waals surface area contributed by atoms with Crippen LogP contribution in [0.15, 0.2) is 0 Å². The average Bonchev–Trinajstić information content (AvgIpc) is 1.77. The van der Waals surface area contributed by atoms with E-state index in [1.807, 2.05) is 6.16 Å². The Hall–Kier alpha value is 1.16. The van der Waals surface area contributed by atoms with E-state index in [2.05, 4.69) is 41.5 Å². The molecule has 0 aromatic carbocycles. The molecule has 0 aliphatic carbocycles. The summed E-state index contributed by atoms with van der Waals surface area (Å²) < 4.78 is 0. The molecule has 0 N–H and O–H groups in total. The molecule has 0 saturated carbocycles. The van der Waals surface area contributed by atoms with Crippen molar-refractivity contribution in [2.75, 3.05) is 0 Å². The third-order valence-corrected chi connectivity index (χ3v) is 5.28. The fourth-order valence-electron chi connectivity index (χ4n) is 1.58. The Morgan fingerprint density at radius 3 is 1.27 bits per heavy atom. The standard InChI is InChI=1S/C11H22NP.2Li/c1-9(12)8-13(10(2,3)4)11(5,6)7;;/h8H,1-7H3;;/q-2;2*+1. The topological polar surface area (TPSA) is 22.3 Å². The monoisotopic (exact) mass is 213 g/mol. The smallest absolute Gasteiger partial charge is 0.838 e. The summed E-state index contributed by atoms with van der Waals surface area (Å²) in [5, 5.41) is 9.85. The van der Waals surface area contributed by atoms with Gasteiger partial charge < -0.3 is 17.3 Å². The summed E-state index contributed by atoms with van der Waals surface area (Å²) in [5.74, 6) is 0. The predicted molar refractivity (Wildman–Crippen MR) is 64.8 cm³/mol. The number of nitrogens with zero attached hydrogens (tertiary/aromatic N) is 1. The van der Waals surface area contributed by atoms with Gasteiger partial charge in [0.2, 0.25) is 0 Å². The van der Waals surface area contributed by atoms with Gasteiger partial charge in [0.15, 0.2) is 0 Å². The Morgan fingerprint density at radius 1 is 0.933 bits per heavy atom. The Bertz CT molecular complexity index is 178. The van der Waals surface area contributed by atoms with Gasteiger partial charge in [-0.1, -0.05) is 48.5 Å². The minimum atomic E-state index is -0.294. The molecule has 15 heavy (non-hydrogen) atoms. The maximum atomic E-state index is 9.33. The Balaban J connectivity index is -0.000000720. The van der Waals surface area contributed by atoms with Crippen LogP contribution in [0.25, 0.3) is 5.41 Å². The Morgan fingerprint density at radius 2 is 1.20 bits per heavy atom. The molecular formula is C11H22Li2NP. The molecule has 1 nitrogen and oxygen atoms in total. The van der Waals surface area contributed by atoms with E-state index in [1.165, 1.54) is 0 Å². The number of hydrogen-bond acceptors (Lipinski definition) is 0. The van der Waals surface area contributed by atoms with E-state index >= 15 is 0 Å². The third-order valence-electron chi connectivity index (χ3n) is 1.76. The van der Waals surface area contributed by atoms with Crippen LogP contribution in [0, 0.1) is 6.16 Å². The summed E-state index contributed by atoms with van der Waals surface area (Å²) in [6.07, 6.45) is 2.04. The Labute approximate surface area is 121 Å². The van der Waals surface area contributed by atoms with Crippen LogP contribution >= 0.6 is 7.92 Å². The summed E-state index contributed by atoms with van der Waals surface area (Å²) in [6, 6.07) is 0. The molecule has 0 fully saturated rings. The molecule has 0 heterocycles. The van der Waals surface area contributed by atoms with Crippen molar-refractivity contribution in [1.29, 1.82) is 0 Å². The SMILES string of the molecule is CC(=[N-])[CH-]P(C(C)(C)C)C(C)(C)C.[Li+].[Li+]. The van der Waals surface area contributed by atoms with E-state index in [4.69, 9.17) is 0 Å². The molecule has 0 aromatic rings. The van der Waals surface area contributed by atoms with Gasteiger partial charge >= 0.3 is 37.7 Å². The van der Waals surface area contributed by atoms with Gasteiger partial charge in [-0.2, -0.15) is 0 Å². The molecule has 0 spiro atoms. The fraction of sp³-hybridized carbons (Fsp3) is 0.818. The van der Waals surface area contributed by atoms with E-state index in [1.54, 1.807) is 6.92 Å². The van der Waals surface area contributed by atoms with Crippen molar-refractivity contribution < 1.29 is 37.7 Å². The molecule has 0 radical (unpaired) electrons. The van der Waals surface area contributed by atoms with Crippen LogP contribution in [0.4, 0.5) is 0 Å². The van der Waals surface area contributed by atoms with Crippen molar-refractivity contribution in [3.8, 4) is 0 Å². The summed E-state index contributed by atoms with van der Waals surface area (Å²) >= 11 is 0. The summed E-state index contributed by atoms with van der Waals surface area (Å²) in [5.41, 5.74) is 0.455. The first-order valence-corrected chi connectivity index (χ1v) is 6.13. The van der Waals surface area contributed by atoms with E-state index < -0.39 is 0 Å². The molecule has 0 amide bonds. The molecule has 78 valence electrons. The molecule has 0 aromatic heterocycles. The summed E-state index contributed by atoms with van der Waals surface area (Å²) in [6.45, 7) is 15.2. The second-order valence-electron chi connectivity index (χ2n) is 5.48. The first-order chi connectivity index (χ1) is 5.55. The van der Waals surface area contributed by atoms with Gasteiger partial charge in [0.05, 0.1) is 0 Å². The second-order valence-corrected chi connectivity index (χ2v) is 9.16. The molecule has 0 saturated heterocycles. The van der Waals surface area contributed by atoms with Crippen LogP contribution in [-0.4, -0.2) is 16.0 Å². The molecule has 0 aliphatic heterocycles. The van der Waals surface area contributed by atoms with Crippen molar-refractivity contribution in [3.63, 3.8) is 0 Å². The molecule has 0 rings (SSSR count). The van der Waals surface area contributed by atoms with Crippen LogP contribution in [0.5, 0.6) is 0 Å². The molecule has 0 aliphatic rings. The maximum absolute atomic E-state index is 9.33. The van der Waals surface area contributed by atoms with E-state index in [0.29, 0.717) is 5.71 Å². The molecular weight excluding hydrogens is 191 g/mol. The van der Waals surface area contributed by atoms with E-state index in [-0.39, 0.29) is 56.0 Å². The summed E-state index contributed by atoms with van der Waals surface area (Å²) in [7, 11) is -0.294. The van der Waals surface area contributed by atoms with Crippen LogP contribution in [0.2, 0.25) is 0 Å². The van der Waals surface area contributed by atoms with Gasteiger partial charge in [-0.25, -0.2) is 7.92 Å². The van der Waals surface area contributed by atoms with Crippen LogP contribution in [0.1, 0.15) is 48.5 Å². The minimum absolute atomic E-state index is 0. The third kappa shape index (κ3) is 8.92. The largest absolute Gasteiger partial charge is 1.00 e. The second kappa shape index (κ2) is 7.48. The van der Waals surface area contributed by atoms with Crippen molar-refractivity contribution >= 4 is 13.6 Å². The zero-order valence-corrected chi connectivity index (χ0v) is 12.9. The predicted octanol–water partition coefficient (Wildman–Crippen LogP) is -1.73. The van der Waals surface area contributed by atoms with Gasteiger partial charge in [0.1, 0.15) is 0 Å². The molecule has 0 bridgehead atoms. The van der Waals surface area contributed by atoms with Gasteiger partial charge in [-0.05, 0) is 10.3 Å². The normalized spacial score (nSPS) is 11.5. The maximum Gasteiger partial charge on any atom is 1.00 e. The fourth-order valence-corrected chi connectivity index (χ4v) is 4.74. The summed E-state index contributed by atoms with van der Waals surface area (Å²) in [4.78, 5) is 0. The van der Waals surface area contributed by atoms with Gasteiger partial charge in [-0.15, -0.1) is 0 Å². The van der Waals surface area contributed by atoms with Gasteiger partial charge in [0.25, 0.3) is 0 Å². The zero-order valence-electron chi connectivity index (χ0n) is 12.0. The minimum Gasteiger partial charge on any atom is -0.838 e. The van der Waals surface area contributed by atoms with Gasteiger partial charge in [-0.3, -0.25) is 0 Å². The molecule has 0 atom stereocenters. The van der Waals surface area contributed by atoms with E-state index in [0.717, 1.165) is 0 Å². The van der Waals surface area contributed by atoms with Crippen LogP contribution in [-0.2, 0) is 0 Å². The quantitative estimate of drug-likeness (QED) is 0.225.